The molecule has 228 valence electrons. The Bertz CT molecular complexity index is 1470. The van der Waals surface area contributed by atoms with Gasteiger partial charge in [-0.1, -0.05) is 43.7 Å². The number of nitrogens with one attached hydrogen (secondary N) is 1. The maximum absolute atomic E-state index is 15.0. The zero-order valence-electron chi connectivity index (χ0n) is 24.8. The first-order valence-electron chi connectivity index (χ1n) is 14.4. The molecule has 2 heterocycles. The lowest BCUT2D eigenvalue weighted by molar-refractivity contribution is -0.143. The van der Waals surface area contributed by atoms with Crippen molar-refractivity contribution < 1.29 is 38.0 Å². The quantitative estimate of drug-likeness (QED) is 0.283. The summed E-state index contributed by atoms with van der Waals surface area (Å²) in [6, 6.07) is 13.5. The fourth-order valence-electron chi connectivity index (χ4n) is 6.24. The lowest BCUT2D eigenvalue weighted by Gasteiger charge is -2.27. The van der Waals surface area contributed by atoms with Crippen LogP contribution in [0.1, 0.15) is 53.6 Å². The maximum atomic E-state index is 15.0. The van der Waals surface area contributed by atoms with Crippen molar-refractivity contribution in [2.45, 2.75) is 45.6 Å². The number of amides is 1. The number of carbonyl (C=O) groups is 2. The number of aryl methyl sites for hydroxylation is 3. The molecule has 10 heteroatoms. The van der Waals surface area contributed by atoms with E-state index >= 15 is 0 Å². The first-order valence-corrected chi connectivity index (χ1v) is 14.4. The Labute approximate surface area is 250 Å². The van der Waals surface area contributed by atoms with E-state index in [-0.39, 0.29) is 44.1 Å². The molecule has 2 aliphatic rings. The Morgan fingerprint density at radius 3 is 2.37 bits per heavy atom. The van der Waals surface area contributed by atoms with Gasteiger partial charge in [-0.2, -0.15) is 0 Å². The summed E-state index contributed by atoms with van der Waals surface area (Å²) in [6.07, 6.45) is 1.51. The van der Waals surface area contributed by atoms with Crippen molar-refractivity contribution >= 4 is 17.6 Å². The third-order valence-corrected chi connectivity index (χ3v) is 8.15. The summed E-state index contributed by atoms with van der Waals surface area (Å²) in [6.45, 7) is 6.26. The molecule has 2 N–H and O–H groups in total. The Balaban J connectivity index is 1.50. The van der Waals surface area contributed by atoms with Crippen molar-refractivity contribution in [2.24, 2.45) is 5.92 Å². The number of benzene rings is 3. The van der Waals surface area contributed by atoms with Gasteiger partial charge in [-0.25, -0.2) is 4.39 Å². The van der Waals surface area contributed by atoms with Crippen LogP contribution in [0, 0.1) is 18.7 Å². The summed E-state index contributed by atoms with van der Waals surface area (Å²) in [7, 11) is 1.52. The minimum atomic E-state index is -1.05. The lowest BCUT2D eigenvalue weighted by Crippen LogP contribution is -2.35. The van der Waals surface area contributed by atoms with Crippen LogP contribution in [0.2, 0.25) is 0 Å². The number of aliphatic carboxylic acids is 1. The molecule has 0 radical (unpaired) electrons. The molecule has 3 aromatic rings. The van der Waals surface area contributed by atoms with Crippen LogP contribution in [0.5, 0.6) is 17.2 Å². The van der Waals surface area contributed by atoms with Crippen LogP contribution in [0.3, 0.4) is 0 Å². The highest BCUT2D eigenvalue weighted by molar-refractivity contribution is 5.94. The van der Waals surface area contributed by atoms with Gasteiger partial charge in [0.1, 0.15) is 5.75 Å². The number of carboxylic acids is 1. The van der Waals surface area contributed by atoms with Crippen molar-refractivity contribution in [1.29, 1.82) is 0 Å². The Hall–Kier alpha value is -4.15. The molecular formula is C33H37FN2O7. The topological polar surface area (TPSA) is 107 Å². The van der Waals surface area contributed by atoms with Gasteiger partial charge in [0.05, 0.1) is 12.5 Å². The molecule has 0 aliphatic carbocycles. The van der Waals surface area contributed by atoms with Crippen molar-refractivity contribution in [3.05, 3.63) is 82.2 Å². The van der Waals surface area contributed by atoms with E-state index in [1.165, 1.54) is 13.2 Å². The molecule has 0 spiro atoms. The van der Waals surface area contributed by atoms with Crippen molar-refractivity contribution in [3.63, 3.8) is 0 Å². The Morgan fingerprint density at radius 1 is 1.05 bits per heavy atom. The summed E-state index contributed by atoms with van der Waals surface area (Å²) >= 11 is 0. The summed E-state index contributed by atoms with van der Waals surface area (Å²) < 4.78 is 36.1. The molecule has 2 aliphatic heterocycles. The number of hydrogen-bond acceptors (Lipinski definition) is 7. The Kier molecular flexibility index (Phi) is 9.17. The fraction of sp³-hybridized carbons (Fsp3) is 0.394. The average Bonchev–Trinajstić information content (AvgIpc) is 3.62. The minimum absolute atomic E-state index is 0.0182. The van der Waals surface area contributed by atoms with Crippen LogP contribution in [0.15, 0.2) is 48.5 Å². The lowest BCUT2D eigenvalue weighted by atomic mass is 9.82. The molecule has 3 atom stereocenters. The number of methoxy groups -OCH3 is 1. The second-order valence-electron chi connectivity index (χ2n) is 10.9. The van der Waals surface area contributed by atoms with Gasteiger partial charge in [-0.3, -0.25) is 14.5 Å². The number of carboxylic acid groups (broad SMARTS) is 1. The van der Waals surface area contributed by atoms with Crippen molar-refractivity contribution in [3.8, 4) is 17.2 Å². The standard InChI is InChI=1S/C33H37FN2O7/c1-5-20-11-19(3)12-21(6-2)30(20)35-28(37)16-36-15-25(23-13-26(34)32-27(14-23)42-18-43-32)29(33(38)39)31(36)22-7-9-24(10-8-22)41-17-40-4/h7-14,25,29,31H,5-6,15-18H2,1-4H3,(H,35,37)(H,38,39)/t25-,29?,31+/m1/s1. The highest BCUT2D eigenvalue weighted by atomic mass is 19.1. The van der Waals surface area contributed by atoms with Crippen LogP contribution in [0.25, 0.3) is 0 Å². The number of fused-ring (bicyclic) bond motifs is 1. The van der Waals surface area contributed by atoms with E-state index in [4.69, 9.17) is 18.9 Å². The van der Waals surface area contributed by atoms with E-state index in [0.29, 0.717) is 16.9 Å². The SMILES string of the molecule is CCc1cc(C)cc(CC)c1NC(=O)CN1C[C@H](c2cc(F)c3c(c2)OCO3)C(C(=O)O)[C@@H]1c1ccc(OCOC)cc1. The number of hydrogen-bond donors (Lipinski definition) is 2. The number of rotatable bonds is 11. The van der Waals surface area contributed by atoms with Gasteiger partial charge in [-0.05, 0) is 66.3 Å². The van der Waals surface area contributed by atoms with E-state index in [9.17, 15) is 19.1 Å². The monoisotopic (exact) mass is 592 g/mol. The average molecular weight is 593 g/mol. The second-order valence-corrected chi connectivity index (χ2v) is 10.9. The molecule has 0 bridgehead atoms. The first kappa shape index (κ1) is 30.3. The number of nitrogens with zero attached hydrogens (tertiary/aromatic N) is 1. The third-order valence-electron chi connectivity index (χ3n) is 8.15. The number of halogens is 1. The van der Waals surface area contributed by atoms with Crippen molar-refractivity contribution in [1.82, 2.24) is 4.90 Å². The predicted molar refractivity (Wildman–Crippen MR) is 158 cm³/mol. The van der Waals surface area contributed by atoms with E-state index in [1.807, 2.05) is 25.7 Å². The smallest absolute Gasteiger partial charge is 0.309 e. The Morgan fingerprint density at radius 2 is 1.74 bits per heavy atom. The summed E-state index contributed by atoms with van der Waals surface area (Å²) in [5.41, 5.74) is 5.21. The molecule has 3 aromatic carbocycles. The van der Waals surface area contributed by atoms with Gasteiger partial charge in [0.15, 0.2) is 18.4 Å². The number of ether oxygens (including phenoxy) is 4. The van der Waals surface area contributed by atoms with Crippen LogP contribution in [0.4, 0.5) is 10.1 Å². The van der Waals surface area contributed by atoms with Crippen LogP contribution >= 0.6 is 0 Å². The maximum Gasteiger partial charge on any atom is 0.309 e. The van der Waals surface area contributed by atoms with Gasteiger partial charge < -0.3 is 29.4 Å². The van der Waals surface area contributed by atoms with Gasteiger partial charge >= 0.3 is 5.97 Å². The molecule has 0 saturated carbocycles. The van der Waals surface area contributed by atoms with E-state index < -0.39 is 29.7 Å². The van der Waals surface area contributed by atoms with Gasteiger partial charge in [0.2, 0.25) is 18.4 Å². The summed E-state index contributed by atoms with van der Waals surface area (Å²) in [5.74, 6) is -2.69. The molecule has 1 amide bonds. The minimum Gasteiger partial charge on any atom is -0.481 e. The van der Waals surface area contributed by atoms with Crippen LogP contribution < -0.4 is 19.5 Å². The van der Waals surface area contributed by atoms with Gasteiger partial charge in [-0.15, -0.1) is 0 Å². The fourth-order valence-corrected chi connectivity index (χ4v) is 6.24. The number of carbonyl (C=O) groups excluding carboxylic acids is 1. The van der Waals surface area contributed by atoms with Crippen molar-refractivity contribution in [2.75, 3.05) is 39.1 Å². The zero-order chi connectivity index (χ0) is 30.7. The number of likely N-dealkylation sites (tertiary alicyclic amines) is 1. The molecule has 1 unspecified atom stereocenters. The van der Waals surface area contributed by atoms with E-state index in [1.54, 1.807) is 30.3 Å². The molecule has 1 saturated heterocycles. The molecule has 43 heavy (non-hydrogen) atoms. The normalized spacial score (nSPS) is 19.4. The first-order chi connectivity index (χ1) is 20.7. The molecule has 5 rings (SSSR count). The molecule has 9 nitrogen and oxygen atoms in total. The van der Waals surface area contributed by atoms with E-state index in [2.05, 4.69) is 17.4 Å². The molecule has 0 aromatic heterocycles. The third kappa shape index (κ3) is 6.30. The number of anilines is 1. The predicted octanol–water partition coefficient (Wildman–Crippen LogP) is 5.45. The summed E-state index contributed by atoms with van der Waals surface area (Å²) in [4.78, 5) is 28.4. The highest BCUT2D eigenvalue weighted by Crippen LogP contribution is 2.48. The second kappa shape index (κ2) is 13.0. The summed E-state index contributed by atoms with van der Waals surface area (Å²) in [5, 5.41) is 13.7. The van der Waals surface area contributed by atoms with E-state index in [0.717, 1.165) is 35.2 Å². The van der Waals surface area contributed by atoms with Gasteiger partial charge in [0, 0.05) is 31.3 Å². The molecule has 1 fully saturated rings. The highest BCUT2D eigenvalue weighted by Gasteiger charge is 2.48. The van der Waals surface area contributed by atoms with Gasteiger partial charge in [0.25, 0.3) is 0 Å². The molecular weight excluding hydrogens is 555 g/mol. The van der Waals surface area contributed by atoms with Crippen LogP contribution in [-0.4, -0.2) is 55.7 Å². The zero-order valence-corrected chi connectivity index (χ0v) is 24.8. The largest absolute Gasteiger partial charge is 0.481 e. The van der Waals surface area contributed by atoms with Crippen LogP contribution in [-0.2, 0) is 27.2 Å².